The number of amides is 1. The molecule has 2 N–H and O–H groups in total. The van der Waals surface area contributed by atoms with Crippen LogP contribution in [0.25, 0.3) is 0 Å². The molecule has 0 saturated carbocycles. The van der Waals surface area contributed by atoms with Crippen LogP contribution in [0.15, 0.2) is 45.6 Å². The van der Waals surface area contributed by atoms with Gasteiger partial charge in [0.05, 0.1) is 41.5 Å². The number of benzene rings is 2. The molecule has 0 spiro atoms. The standard InChI is InChI=1S/C20H19Cl2N5O7S3/c1-33-17-5-3-13(37(31,32)27-6-8-34-9-7-27)11-16(17)26-36(29,30)20-25-24-19(35-20)23-18(28)14-4-2-12(21)10-15(14)22/h2-5,10-11,26H,6-9H2,1H3,(H,23,24,28). The van der Waals surface area contributed by atoms with Gasteiger partial charge >= 0.3 is 0 Å². The Morgan fingerprint density at radius 2 is 1.81 bits per heavy atom. The summed E-state index contributed by atoms with van der Waals surface area (Å²) in [6.07, 6.45) is 0. The molecule has 4 rings (SSSR count). The molecular weight excluding hydrogens is 589 g/mol. The lowest BCUT2D eigenvalue weighted by Crippen LogP contribution is -2.40. The van der Waals surface area contributed by atoms with E-state index >= 15 is 0 Å². The summed E-state index contributed by atoms with van der Waals surface area (Å²) in [5, 5.41) is 10.1. The highest BCUT2D eigenvalue weighted by Gasteiger charge is 2.29. The van der Waals surface area contributed by atoms with Crippen LogP contribution in [0.4, 0.5) is 10.8 Å². The predicted molar refractivity (Wildman–Crippen MR) is 138 cm³/mol. The number of carbonyl (C=O) groups is 1. The first kappa shape index (κ1) is 27.5. The van der Waals surface area contributed by atoms with Crippen LogP contribution in [0.5, 0.6) is 5.75 Å². The summed E-state index contributed by atoms with van der Waals surface area (Å²) in [5.41, 5.74) is -0.0163. The minimum Gasteiger partial charge on any atom is -0.495 e. The molecule has 1 saturated heterocycles. The molecule has 2 heterocycles. The Hall–Kier alpha value is -2.53. The van der Waals surface area contributed by atoms with E-state index in [2.05, 4.69) is 20.2 Å². The molecule has 0 radical (unpaired) electrons. The number of carbonyl (C=O) groups excluding carboxylic acids is 1. The first-order valence-electron chi connectivity index (χ1n) is 10.4. The van der Waals surface area contributed by atoms with Crippen molar-refractivity contribution in [2.24, 2.45) is 0 Å². The second kappa shape index (κ2) is 11.1. The summed E-state index contributed by atoms with van der Waals surface area (Å²) in [6, 6.07) is 8.09. The quantitative estimate of drug-likeness (QED) is 0.367. The van der Waals surface area contributed by atoms with Gasteiger partial charge in [0.25, 0.3) is 20.3 Å². The highest BCUT2D eigenvalue weighted by molar-refractivity contribution is 7.94. The van der Waals surface area contributed by atoms with Gasteiger partial charge in [-0.3, -0.25) is 14.8 Å². The van der Waals surface area contributed by atoms with Gasteiger partial charge in [0, 0.05) is 18.1 Å². The van der Waals surface area contributed by atoms with Crippen molar-refractivity contribution in [2.75, 3.05) is 43.5 Å². The second-order valence-corrected chi connectivity index (χ2v) is 13.1. The lowest BCUT2D eigenvalue weighted by atomic mass is 10.2. The average Bonchev–Trinajstić information content (AvgIpc) is 3.33. The molecule has 12 nitrogen and oxygen atoms in total. The zero-order chi connectivity index (χ0) is 26.8. The fourth-order valence-electron chi connectivity index (χ4n) is 3.26. The summed E-state index contributed by atoms with van der Waals surface area (Å²) in [7, 11) is -6.93. The fourth-order valence-corrected chi connectivity index (χ4v) is 7.15. The molecule has 1 fully saturated rings. The number of anilines is 2. The third-order valence-electron chi connectivity index (χ3n) is 5.06. The topological polar surface area (TPSA) is 157 Å². The van der Waals surface area contributed by atoms with Gasteiger partial charge in [-0.2, -0.15) is 12.7 Å². The number of hydrogen-bond donors (Lipinski definition) is 2. The van der Waals surface area contributed by atoms with Crippen molar-refractivity contribution in [3.8, 4) is 5.75 Å². The molecule has 0 atom stereocenters. The number of sulfonamides is 2. The number of hydrogen-bond acceptors (Lipinski definition) is 10. The maximum atomic E-state index is 13.0. The van der Waals surface area contributed by atoms with Gasteiger partial charge in [0.2, 0.25) is 15.2 Å². The molecule has 198 valence electrons. The summed E-state index contributed by atoms with van der Waals surface area (Å²) in [6.45, 7) is 0.871. The highest BCUT2D eigenvalue weighted by atomic mass is 35.5. The summed E-state index contributed by atoms with van der Waals surface area (Å²) in [5.74, 6) is -0.558. The Labute approximate surface area is 226 Å². The van der Waals surface area contributed by atoms with Crippen LogP contribution in [0.1, 0.15) is 10.4 Å². The maximum Gasteiger partial charge on any atom is 0.291 e. The van der Waals surface area contributed by atoms with Gasteiger partial charge in [-0.25, -0.2) is 8.42 Å². The fraction of sp³-hybridized carbons (Fsp3) is 0.250. The minimum absolute atomic E-state index is 0.0833. The lowest BCUT2D eigenvalue weighted by Gasteiger charge is -2.26. The molecule has 1 aliphatic heterocycles. The van der Waals surface area contributed by atoms with E-state index in [1.165, 1.54) is 41.7 Å². The Morgan fingerprint density at radius 1 is 1.08 bits per heavy atom. The van der Waals surface area contributed by atoms with E-state index in [0.717, 1.165) is 6.07 Å². The second-order valence-electron chi connectivity index (χ2n) is 7.44. The van der Waals surface area contributed by atoms with Crippen molar-refractivity contribution in [3.05, 3.63) is 52.0 Å². The number of rotatable bonds is 8. The van der Waals surface area contributed by atoms with Crippen LogP contribution in [-0.4, -0.2) is 70.7 Å². The van der Waals surface area contributed by atoms with Crippen molar-refractivity contribution < 1.29 is 31.1 Å². The van der Waals surface area contributed by atoms with Gasteiger partial charge < -0.3 is 9.47 Å². The van der Waals surface area contributed by atoms with E-state index < -0.39 is 30.3 Å². The van der Waals surface area contributed by atoms with E-state index in [1.807, 2.05) is 0 Å². The molecule has 17 heteroatoms. The van der Waals surface area contributed by atoms with E-state index in [-0.39, 0.29) is 58.4 Å². The number of halogens is 2. The molecule has 3 aromatic rings. The zero-order valence-electron chi connectivity index (χ0n) is 19.0. The van der Waals surface area contributed by atoms with Crippen molar-refractivity contribution >= 4 is 71.3 Å². The van der Waals surface area contributed by atoms with E-state index in [1.54, 1.807) is 0 Å². The van der Waals surface area contributed by atoms with Crippen molar-refractivity contribution in [3.63, 3.8) is 0 Å². The van der Waals surface area contributed by atoms with Crippen molar-refractivity contribution in [2.45, 2.75) is 9.24 Å². The van der Waals surface area contributed by atoms with E-state index in [9.17, 15) is 21.6 Å². The van der Waals surface area contributed by atoms with Gasteiger partial charge in [0.15, 0.2) is 0 Å². The van der Waals surface area contributed by atoms with Crippen molar-refractivity contribution in [1.82, 2.24) is 14.5 Å². The minimum atomic E-state index is -4.33. The third kappa shape index (κ3) is 6.14. The Balaban J connectivity index is 1.56. The first-order chi connectivity index (χ1) is 17.5. The summed E-state index contributed by atoms with van der Waals surface area (Å²) < 4.78 is 65.5. The van der Waals surface area contributed by atoms with Crippen LogP contribution in [0.2, 0.25) is 10.0 Å². The van der Waals surface area contributed by atoms with E-state index in [4.69, 9.17) is 32.7 Å². The molecule has 2 aromatic carbocycles. The van der Waals surface area contributed by atoms with Gasteiger partial charge in [-0.15, -0.1) is 10.2 Å². The number of aromatic nitrogens is 2. The Kier molecular flexibility index (Phi) is 8.23. The average molecular weight is 609 g/mol. The van der Waals surface area contributed by atoms with Gasteiger partial charge in [-0.05, 0) is 36.4 Å². The predicted octanol–water partition coefficient (Wildman–Crippen LogP) is 2.93. The zero-order valence-corrected chi connectivity index (χ0v) is 22.9. The molecular formula is C20H19Cl2N5O7S3. The summed E-state index contributed by atoms with van der Waals surface area (Å²) >= 11 is 12.5. The van der Waals surface area contributed by atoms with Crippen LogP contribution >= 0.6 is 34.5 Å². The largest absolute Gasteiger partial charge is 0.495 e. The first-order valence-corrected chi connectivity index (χ1v) is 14.9. The molecule has 1 aliphatic rings. The molecule has 37 heavy (non-hydrogen) atoms. The maximum absolute atomic E-state index is 13.0. The van der Waals surface area contributed by atoms with Gasteiger partial charge in [-0.1, -0.05) is 34.5 Å². The number of nitrogens with one attached hydrogen (secondary N) is 2. The number of morpholine rings is 1. The van der Waals surface area contributed by atoms with E-state index in [0.29, 0.717) is 16.4 Å². The molecule has 0 aliphatic carbocycles. The lowest BCUT2D eigenvalue weighted by molar-refractivity contribution is 0.0730. The van der Waals surface area contributed by atoms with Crippen LogP contribution in [0, 0.1) is 0 Å². The monoisotopic (exact) mass is 607 g/mol. The van der Waals surface area contributed by atoms with Crippen LogP contribution in [-0.2, 0) is 24.8 Å². The Morgan fingerprint density at radius 3 is 2.49 bits per heavy atom. The van der Waals surface area contributed by atoms with Crippen LogP contribution in [0.3, 0.4) is 0 Å². The molecule has 0 unspecified atom stereocenters. The Bertz CT molecular complexity index is 1540. The summed E-state index contributed by atoms with van der Waals surface area (Å²) in [4.78, 5) is 12.4. The molecule has 1 aromatic heterocycles. The molecule has 0 bridgehead atoms. The number of ether oxygens (including phenoxy) is 2. The smallest absolute Gasteiger partial charge is 0.291 e. The van der Waals surface area contributed by atoms with Gasteiger partial charge in [0.1, 0.15) is 5.75 Å². The van der Waals surface area contributed by atoms with Crippen LogP contribution < -0.4 is 14.8 Å². The number of methoxy groups -OCH3 is 1. The SMILES string of the molecule is COc1ccc(S(=O)(=O)N2CCOCC2)cc1NS(=O)(=O)c1nnc(NC(=O)c2ccc(Cl)cc2Cl)s1. The normalized spacial score (nSPS) is 14.8. The number of nitrogens with zero attached hydrogens (tertiary/aromatic N) is 3. The van der Waals surface area contributed by atoms with Crippen molar-refractivity contribution in [1.29, 1.82) is 0 Å². The third-order valence-corrected chi connectivity index (χ3v) is 10.1. The molecule has 1 amide bonds. The highest BCUT2D eigenvalue weighted by Crippen LogP contribution is 2.32.